The number of benzene rings is 1. The van der Waals surface area contributed by atoms with Gasteiger partial charge in [-0.2, -0.15) is 0 Å². The molecule has 25 heavy (non-hydrogen) atoms. The number of carbonyl (C=O) groups excluding carboxylic acids is 2. The van der Waals surface area contributed by atoms with Gasteiger partial charge in [0, 0.05) is 27.7 Å². The van der Waals surface area contributed by atoms with E-state index >= 15 is 0 Å². The number of hydrogen-bond donors (Lipinski definition) is 2. The fourth-order valence-corrected chi connectivity index (χ4v) is 2.99. The van der Waals surface area contributed by atoms with Gasteiger partial charge in [-0.15, -0.1) is 0 Å². The summed E-state index contributed by atoms with van der Waals surface area (Å²) in [6.07, 6.45) is 2.87. The lowest BCUT2D eigenvalue weighted by atomic mass is 10.0. The second kappa shape index (κ2) is 7.25. The smallest absolute Gasteiger partial charge is 0.414 e. The van der Waals surface area contributed by atoms with Gasteiger partial charge in [0.05, 0.1) is 18.7 Å². The molecule has 1 aliphatic carbocycles. The maximum absolute atomic E-state index is 12.3. The summed E-state index contributed by atoms with van der Waals surface area (Å²) in [6.45, 7) is 0.532. The van der Waals surface area contributed by atoms with E-state index in [4.69, 9.17) is 34.3 Å². The van der Waals surface area contributed by atoms with Gasteiger partial charge < -0.3 is 15.8 Å². The number of cyclic esters (lactones) is 1. The van der Waals surface area contributed by atoms with E-state index in [2.05, 4.69) is 5.32 Å². The second-order valence-electron chi connectivity index (χ2n) is 5.69. The number of nitrogens with two attached hydrogens (primary N) is 1. The standard InChI is InChI=1S/C17H16ClN3O3S/c18-10-1-6-15(25)14(7-10)16(22)20-8-13-9-21(17(23)24-13)12-4-2-11(19)3-5-12/h1-5,7,13H,6,8-9,19H2,(H,20,22)/t13-/m0/s1. The van der Waals surface area contributed by atoms with E-state index in [0.29, 0.717) is 39.8 Å². The van der Waals surface area contributed by atoms with Crippen molar-refractivity contribution in [3.8, 4) is 0 Å². The summed E-state index contributed by atoms with van der Waals surface area (Å²) in [6, 6.07) is 6.92. The van der Waals surface area contributed by atoms with E-state index in [1.165, 1.54) is 4.90 Å². The monoisotopic (exact) mass is 377 g/mol. The number of hydrogen-bond acceptors (Lipinski definition) is 5. The number of rotatable bonds is 4. The van der Waals surface area contributed by atoms with Gasteiger partial charge in [0.15, 0.2) is 0 Å². The van der Waals surface area contributed by atoms with Crippen LogP contribution in [0.4, 0.5) is 16.2 Å². The number of nitrogen functional groups attached to an aromatic ring is 1. The zero-order valence-corrected chi connectivity index (χ0v) is 14.8. The molecule has 1 saturated heterocycles. The summed E-state index contributed by atoms with van der Waals surface area (Å²) in [5.74, 6) is -0.321. The number of nitrogens with one attached hydrogen (secondary N) is 1. The normalized spacial score (nSPS) is 20.0. The van der Waals surface area contributed by atoms with Crippen LogP contribution < -0.4 is 16.0 Å². The van der Waals surface area contributed by atoms with Crippen LogP contribution in [0.25, 0.3) is 0 Å². The molecule has 1 fully saturated rings. The molecule has 1 heterocycles. The van der Waals surface area contributed by atoms with Crippen molar-refractivity contribution in [3.63, 3.8) is 0 Å². The Labute approximate surface area is 155 Å². The highest BCUT2D eigenvalue weighted by atomic mass is 35.5. The van der Waals surface area contributed by atoms with Crippen molar-refractivity contribution < 1.29 is 14.3 Å². The lowest BCUT2D eigenvalue weighted by molar-refractivity contribution is -0.117. The lowest BCUT2D eigenvalue weighted by Gasteiger charge is -2.15. The first-order valence-corrected chi connectivity index (χ1v) is 8.45. The average molecular weight is 378 g/mol. The first kappa shape index (κ1) is 17.4. The van der Waals surface area contributed by atoms with Crippen LogP contribution >= 0.6 is 23.8 Å². The first-order chi connectivity index (χ1) is 11.9. The van der Waals surface area contributed by atoms with E-state index in [-0.39, 0.29) is 12.5 Å². The third-order valence-electron chi connectivity index (χ3n) is 3.88. The van der Waals surface area contributed by atoms with Gasteiger partial charge in [-0.25, -0.2) is 4.79 Å². The number of halogens is 1. The molecule has 2 amide bonds. The lowest BCUT2D eigenvalue weighted by Crippen LogP contribution is -2.36. The van der Waals surface area contributed by atoms with Crippen molar-refractivity contribution in [2.75, 3.05) is 23.7 Å². The fourth-order valence-electron chi connectivity index (χ4n) is 2.56. The summed E-state index contributed by atoms with van der Waals surface area (Å²) in [7, 11) is 0. The predicted molar refractivity (Wildman–Crippen MR) is 101 cm³/mol. The minimum absolute atomic E-state index is 0.192. The minimum Gasteiger partial charge on any atom is -0.442 e. The molecule has 0 saturated carbocycles. The molecule has 6 nitrogen and oxygen atoms in total. The van der Waals surface area contributed by atoms with Gasteiger partial charge in [-0.1, -0.05) is 29.9 Å². The van der Waals surface area contributed by atoms with Crippen molar-refractivity contribution in [3.05, 3.63) is 47.0 Å². The Balaban J connectivity index is 1.59. The summed E-state index contributed by atoms with van der Waals surface area (Å²) in [5.41, 5.74) is 7.34. The zero-order chi connectivity index (χ0) is 18.0. The Bertz CT molecular complexity index is 789. The molecular formula is C17H16ClN3O3S. The minimum atomic E-state index is -0.456. The largest absolute Gasteiger partial charge is 0.442 e. The van der Waals surface area contributed by atoms with E-state index < -0.39 is 12.2 Å². The number of thiocarbonyl (C=S) groups is 1. The molecular weight excluding hydrogens is 362 g/mol. The van der Waals surface area contributed by atoms with Crippen molar-refractivity contribution in [2.45, 2.75) is 12.5 Å². The average Bonchev–Trinajstić information content (AvgIpc) is 2.96. The molecule has 0 aromatic heterocycles. The van der Waals surface area contributed by atoms with Crippen molar-refractivity contribution in [1.82, 2.24) is 5.32 Å². The van der Waals surface area contributed by atoms with E-state index in [1.807, 2.05) is 0 Å². The van der Waals surface area contributed by atoms with E-state index in [1.54, 1.807) is 36.4 Å². The maximum atomic E-state index is 12.3. The predicted octanol–water partition coefficient (Wildman–Crippen LogP) is 2.53. The highest BCUT2D eigenvalue weighted by molar-refractivity contribution is 7.81. The Morgan fingerprint density at radius 3 is 2.84 bits per heavy atom. The molecule has 0 bridgehead atoms. The summed E-state index contributed by atoms with van der Waals surface area (Å²) in [5, 5.41) is 3.23. The SMILES string of the molecule is Nc1ccc(N2C[C@H](CNC(=O)C3=CC(Cl)=CCC3=S)OC2=O)cc1. The van der Waals surface area contributed by atoms with Crippen molar-refractivity contribution >= 4 is 52.1 Å². The summed E-state index contributed by atoms with van der Waals surface area (Å²) < 4.78 is 5.30. The van der Waals surface area contributed by atoms with Gasteiger partial charge in [0.2, 0.25) is 0 Å². The van der Waals surface area contributed by atoms with Crippen LogP contribution in [-0.4, -0.2) is 36.1 Å². The second-order valence-corrected chi connectivity index (χ2v) is 6.62. The Morgan fingerprint density at radius 2 is 2.12 bits per heavy atom. The van der Waals surface area contributed by atoms with E-state index in [9.17, 15) is 9.59 Å². The molecule has 1 atom stereocenters. The summed E-state index contributed by atoms with van der Waals surface area (Å²) >= 11 is 11.1. The number of nitrogens with zero attached hydrogens (tertiary/aromatic N) is 1. The van der Waals surface area contributed by atoms with Crippen LogP contribution in [-0.2, 0) is 9.53 Å². The highest BCUT2D eigenvalue weighted by Crippen LogP contribution is 2.23. The summed E-state index contributed by atoms with van der Waals surface area (Å²) in [4.78, 5) is 26.3. The molecule has 2 aliphatic rings. The molecule has 130 valence electrons. The Hall–Kier alpha value is -2.38. The molecule has 8 heteroatoms. The molecule has 1 aliphatic heterocycles. The molecule has 1 aromatic rings. The number of amides is 2. The molecule has 0 spiro atoms. The van der Waals surface area contributed by atoms with Gasteiger partial charge in [-0.3, -0.25) is 9.69 Å². The number of anilines is 2. The van der Waals surface area contributed by atoms with Gasteiger partial charge in [-0.05, 0) is 30.3 Å². The van der Waals surface area contributed by atoms with Crippen LogP contribution in [0.3, 0.4) is 0 Å². The third kappa shape index (κ3) is 4.00. The molecule has 1 aromatic carbocycles. The Morgan fingerprint density at radius 1 is 1.40 bits per heavy atom. The molecule has 3 rings (SSSR count). The van der Waals surface area contributed by atoms with Gasteiger partial charge in [0.25, 0.3) is 5.91 Å². The number of carbonyl (C=O) groups is 2. The van der Waals surface area contributed by atoms with Crippen LogP contribution in [0.5, 0.6) is 0 Å². The number of allylic oxidation sites excluding steroid dienone is 3. The maximum Gasteiger partial charge on any atom is 0.414 e. The van der Waals surface area contributed by atoms with Crippen molar-refractivity contribution in [1.29, 1.82) is 0 Å². The quantitative estimate of drug-likeness (QED) is 0.622. The van der Waals surface area contributed by atoms with Crippen LogP contribution in [0.2, 0.25) is 0 Å². The zero-order valence-electron chi connectivity index (χ0n) is 13.2. The fraction of sp³-hybridized carbons (Fsp3) is 0.235. The molecule has 0 unspecified atom stereocenters. The third-order valence-corrected chi connectivity index (χ3v) is 4.53. The van der Waals surface area contributed by atoms with E-state index in [0.717, 1.165) is 0 Å². The molecule has 3 N–H and O–H groups in total. The van der Waals surface area contributed by atoms with Crippen molar-refractivity contribution in [2.24, 2.45) is 0 Å². The van der Waals surface area contributed by atoms with Gasteiger partial charge >= 0.3 is 6.09 Å². The first-order valence-electron chi connectivity index (χ1n) is 7.66. The topological polar surface area (TPSA) is 84.7 Å². The van der Waals surface area contributed by atoms with Gasteiger partial charge in [0.1, 0.15) is 6.10 Å². The van der Waals surface area contributed by atoms with Crippen LogP contribution in [0.1, 0.15) is 6.42 Å². The number of ether oxygens (including phenoxy) is 1. The molecule has 0 radical (unpaired) electrons. The van der Waals surface area contributed by atoms with Crippen LogP contribution in [0.15, 0.2) is 47.0 Å². The highest BCUT2D eigenvalue weighted by Gasteiger charge is 2.32. The Kier molecular flexibility index (Phi) is 5.06. The van der Waals surface area contributed by atoms with Crippen LogP contribution in [0, 0.1) is 0 Å².